The Kier molecular flexibility index (Phi) is 18.8. The van der Waals surface area contributed by atoms with Gasteiger partial charge in [-0.2, -0.15) is 0 Å². The fourth-order valence-corrected chi connectivity index (χ4v) is 17.5. The molecule has 0 unspecified atom stereocenters. The molecule has 10 aliphatic rings. The highest BCUT2D eigenvalue weighted by Gasteiger charge is 2.74. The predicted molar refractivity (Wildman–Crippen MR) is 287 cm³/mol. The lowest BCUT2D eigenvalue weighted by Crippen LogP contribution is -2.71. The van der Waals surface area contributed by atoms with Gasteiger partial charge in [0.25, 0.3) is 0 Å². The molecule has 0 spiro atoms. The third kappa shape index (κ3) is 10.8. The van der Waals surface area contributed by atoms with Crippen molar-refractivity contribution >= 4 is 11.9 Å². The maximum Gasteiger partial charge on any atom is 0.317 e. The maximum atomic E-state index is 15.5. The molecular formula is C58H92O29. The first kappa shape index (κ1) is 67.6. The lowest BCUT2D eigenvalue weighted by atomic mass is 9.33. The highest BCUT2D eigenvalue weighted by molar-refractivity contribution is 5.80. The number of aliphatic hydroxyl groups is 16. The van der Waals surface area contributed by atoms with Gasteiger partial charge in [0.2, 0.25) is 6.29 Å². The number of carbonyl (C=O) groups excluding carboxylic acids is 1. The lowest BCUT2D eigenvalue weighted by Gasteiger charge is -2.71. The van der Waals surface area contributed by atoms with Crippen LogP contribution in [0.3, 0.4) is 0 Å². The van der Waals surface area contributed by atoms with Crippen molar-refractivity contribution in [1.82, 2.24) is 0 Å². The number of hydrogen-bond donors (Lipinski definition) is 17. The smallest absolute Gasteiger partial charge is 0.317 e. The van der Waals surface area contributed by atoms with Crippen molar-refractivity contribution in [1.29, 1.82) is 0 Å². The van der Waals surface area contributed by atoms with Gasteiger partial charge in [-0.3, -0.25) is 9.59 Å². The summed E-state index contributed by atoms with van der Waals surface area (Å²) in [5.74, 6) is -4.01. The van der Waals surface area contributed by atoms with Crippen LogP contribution in [0.15, 0.2) is 11.6 Å². The van der Waals surface area contributed by atoms with Crippen LogP contribution in [0.1, 0.15) is 99.8 Å². The number of allylic oxidation sites excluding steroid dienone is 2. The van der Waals surface area contributed by atoms with Gasteiger partial charge in [-0.05, 0) is 105 Å². The minimum Gasteiger partial charge on any atom is -0.481 e. The van der Waals surface area contributed by atoms with Gasteiger partial charge >= 0.3 is 11.9 Å². The van der Waals surface area contributed by atoms with Crippen LogP contribution in [0.2, 0.25) is 0 Å². The SMILES string of the molecule is C[C@@H]1O[C@@H](O[C@H]2[C@H](OC(=O)[C@]34CCC(C)(C)C[C@H]3C3=CC[C@@H]5[C@@]6(C)C[C@H](O)[C@H](O[C@@H]7O[C@H](CO)[C@@H](O)[C@H](O[C@@H]8O[C@H](CO)[C@@H](O)[C@H](O)[C@H]8O)[C@H]7O)[C@@](C)(C(=O)O)[C@@H]6CC[C@@]5(C)[C@]3(C)C[C@H]4O)OC[C@H](O)[C@@H]2O)[C@H](O)[C@H](O[C@@H]2OC[C@](O)(CO)[C@H]2O)[C@H]1O. The van der Waals surface area contributed by atoms with E-state index in [2.05, 4.69) is 33.8 Å². The molecule has 5 aliphatic carbocycles. The molecule has 5 aliphatic heterocycles. The first-order valence-electron chi connectivity index (χ1n) is 30.3. The van der Waals surface area contributed by atoms with E-state index in [9.17, 15) is 91.6 Å². The third-order valence-corrected chi connectivity index (χ3v) is 22.9. The zero-order chi connectivity index (χ0) is 63.8. The first-order valence-corrected chi connectivity index (χ1v) is 30.3. The summed E-state index contributed by atoms with van der Waals surface area (Å²) >= 11 is 0. The Morgan fingerprint density at radius 2 is 1.21 bits per heavy atom. The second kappa shape index (κ2) is 24.2. The van der Waals surface area contributed by atoms with Crippen molar-refractivity contribution in [2.45, 2.75) is 253 Å². The van der Waals surface area contributed by atoms with Crippen LogP contribution < -0.4 is 0 Å². The van der Waals surface area contributed by atoms with Gasteiger partial charge in [0.1, 0.15) is 103 Å². The van der Waals surface area contributed by atoms with E-state index in [1.54, 1.807) is 0 Å². The maximum absolute atomic E-state index is 15.5. The monoisotopic (exact) mass is 1250 g/mol. The van der Waals surface area contributed by atoms with E-state index in [4.69, 9.17) is 47.4 Å². The number of carboxylic acids is 1. The van der Waals surface area contributed by atoms with Crippen LogP contribution in [-0.2, 0) is 57.0 Å². The van der Waals surface area contributed by atoms with Gasteiger partial charge in [0, 0.05) is 0 Å². The summed E-state index contributed by atoms with van der Waals surface area (Å²) in [7, 11) is 0. The van der Waals surface area contributed by atoms with E-state index in [-0.39, 0.29) is 37.0 Å². The summed E-state index contributed by atoms with van der Waals surface area (Å²) in [6, 6.07) is 0. The number of fused-ring (bicyclic) bond motifs is 7. The molecule has 0 bridgehead atoms. The molecule has 17 N–H and O–H groups in total. The van der Waals surface area contributed by atoms with Crippen molar-refractivity contribution in [2.24, 2.45) is 50.2 Å². The largest absolute Gasteiger partial charge is 0.481 e. The number of rotatable bonds is 14. The average molecular weight is 1250 g/mol. The van der Waals surface area contributed by atoms with E-state index in [0.717, 1.165) is 5.57 Å². The fraction of sp³-hybridized carbons (Fsp3) is 0.931. The number of aliphatic carboxylic acids is 1. The third-order valence-electron chi connectivity index (χ3n) is 22.9. The van der Waals surface area contributed by atoms with Gasteiger partial charge in [0.15, 0.2) is 31.3 Å². The lowest BCUT2D eigenvalue weighted by molar-refractivity contribution is -0.373. The number of carbonyl (C=O) groups is 2. The van der Waals surface area contributed by atoms with Crippen molar-refractivity contribution < 1.29 is 144 Å². The number of hydrogen-bond acceptors (Lipinski definition) is 28. The summed E-state index contributed by atoms with van der Waals surface area (Å²) in [5, 5.41) is 188. The summed E-state index contributed by atoms with van der Waals surface area (Å²) in [6.45, 7) is 9.41. The molecule has 498 valence electrons. The quantitative estimate of drug-likeness (QED) is 0.0440. The zero-order valence-corrected chi connectivity index (χ0v) is 49.9. The van der Waals surface area contributed by atoms with Crippen LogP contribution in [0, 0.1) is 50.2 Å². The van der Waals surface area contributed by atoms with Crippen molar-refractivity contribution in [3.8, 4) is 0 Å². The van der Waals surface area contributed by atoms with E-state index in [1.165, 1.54) is 13.8 Å². The van der Waals surface area contributed by atoms with Crippen LogP contribution in [0.25, 0.3) is 0 Å². The molecule has 33 atom stereocenters. The second-order valence-electron chi connectivity index (χ2n) is 28.3. The topological polar surface area (TPSA) is 470 Å². The second-order valence-corrected chi connectivity index (χ2v) is 28.3. The predicted octanol–water partition coefficient (Wildman–Crippen LogP) is -4.90. The van der Waals surface area contributed by atoms with Crippen molar-refractivity contribution in [3.05, 3.63) is 11.6 Å². The zero-order valence-electron chi connectivity index (χ0n) is 49.9. The van der Waals surface area contributed by atoms with Crippen LogP contribution in [-0.4, -0.2) is 285 Å². The molecule has 0 radical (unpaired) electrons. The van der Waals surface area contributed by atoms with Gasteiger partial charge in [-0.25, -0.2) is 0 Å². The molecular weight excluding hydrogens is 1160 g/mol. The molecule has 29 nitrogen and oxygen atoms in total. The van der Waals surface area contributed by atoms with Crippen LogP contribution >= 0.6 is 0 Å². The van der Waals surface area contributed by atoms with E-state index in [1.807, 2.05) is 6.92 Å². The van der Waals surface area contributed by atoms with Crippen molar-refractivity contribution in [3.63, 3.8) is 0 Å². The molecule has 10 rings (SSSR count). The highest BCUT2D eigenvalue weighted by atomic mass is 16.8. The molecule has 4 saturated carbocycles. The minimum absolute atomic E-state index is 0.0237. The Morgan fingerprint density at radius 1 is 0.609 bits per heavy atom. The first-order chi connectivity index (χ1) is 40.6. The van der Waals surface area contributed by atoms with Crippen LogP contribution in [0.5, 0.6) is 0 Å². The van der Waals surface area contributed by atoms with Gasteiger partial charge in [-0.1, -0.05) is 46.3 Å². The van der Waals surface area contributed by atoms with Gasteiger partial charge in [0.05, 0.1) is 56.8 Å². The van der Waals surface area contributed by atoms with Gasteiger partial charge < -0.3 is 134 Å². The summed E-state index contributed by atoms with van der Waals surface area (Å²) in [4.78, 5) is 29.5. The molecule has 0 amide bonds. The van der Waals surface area contributed by atoms with E-state index >= 15 is 4.79 Å². The Bertz CT molecular complexity index is 2510. The Morgan fingerprint density at radius 3 is 1.83 bits per heavy atom. The van der Waals surface area contributed by atoms with Crippen molar-refractivity contribution in [2.75, 3.05) is 33.0 Å². The van der Waals surface area contributed by atoms with E-state index in [0.29, 0.717) is 25.7 Å². The Balaban J connectivity index is 0.902. The highest BCUT2D eigenvalue weighted by Crippen LogP contribution is 2.76. The van der Waals surface area contributed by atoms with E-state index < -0.39 is 237 Å². The Labute approximate surface area is 502 Å². The minimum atomic E-state index is -2.11. The molecule has 9 fully saturated rings. The molecule has 5 saturated heterocycles. The van der Waals surface area contributed by atoms with Crippen LogP contribution in [0.4, 0.5) is 0 Å². The fourth-order valence-electron chi connectivity index (χ4n) is 17.5. The summed E-state index contributed by atoms with van der Waals surface area (Å²) < 4.78 is 58.6. The number of esters is 1. The molecule has 29 heteroatoms. The standard InChI is InChI=1S/C58H92O29/c1-22-32(65)40(84-49-43(73)57(77,20-61)21-79-49)38(71)46(80-22)85-42-33(66)26(63)19-78-48(42)87-51(76)58-13-12-52(2,3)14-24(58)23-8-9-29-53(4)15-25(62)44(56(7,50(74)75)30(53)10-11-54(29,5)55(23,6)16-31(58)64)86-47-39(72)41(35(68)28(18-60)82-47)83-45-37(70)36(69)34(67)27(17-59)81-45/h8,22,24-49,59-73,77H,9-21H2,1-7H3,(H,74,75)/t22-,24-,25-,26-,27+,28+,29+,30+,31+,32-,33-,34+,35+,36-,37+,38+,39+,40+,41-,42+,43-,44-,45-,46-,47-,48-,49-,53+,54+,55+,56-,57+,58+/m0/s1. The summed E-state index contributed by atoms with van der Waals surface area (Å²) in [5.41, 5.74) is -7.75. The normalized spacial score (nSPS) is 54.9. The molecule has 0 aromatic carbocycles. The number of carboxylic acid groups (broad SMARTS) is 1. The molecule has 0 aromatic rings. The van der Waals surface area contributed by atoms with Gasteiger partial charge in [-0.15, -0.1) is 0 Å². The molecule has 0 aromatic heterocycles. The average Bonchev–Trinajstić information content (AvgIpc) is 0.969. The molecule has 87 heavy (non-hydrogen) atoms. The molecule has 5 heterocycles. The Hall–Kier alpha value is -2.32. The number of ether oxygens (including phenoxy) is 10. The summed E-state index contributed by atoms with van der Waals surface area (Å²) in [6.07, 6.45) is -37.0. The number of aliphatic hydroxyl groups excluding tert-OH is 15.